The molecule has 1 aromatic carbocycles. The zero-order valence-electron chi connectivity index (χ0n) is 13.0. The van der Waals surface area contributed by atoms with E-state index in [2.05, 4.69) is 43.0 Å². The summed E-state index contributed by atoms with van der Waals surface area (Å²) >= 11 is 0. The Morgan fingerprint density at radius 2 is 2.05 bits per heavy atom. The highest BCUT2D eigenvalue weighted by atomic mass is 16.5. The van der Waals surface area contributed by atoms with E-state index in [1.165, 1.54) is 24.0 Å². The molecule has 0 amide bonds. The minimum atomic E-state index is 0.0662. The SMILES string of the molecule is CCc1ccc(C(N)C(C)N2CCCC(OC)C2)cc1. The van der Waals surface area contributed by atoms with Crippen molar-refractivity contribution < 1.29 is 4.74 Å². The molecule has 112 valence electrons. The largest absolute Gasteiger partial charge is 0.380 e. The van der Waals surface area contributed by atoms with Gasteiger partial charge in [0.15, 0.2) is 0 Å². The Labute approximate surface area is 123 Å². The van der Waals surface area contributed by atoms with Crippen molar-refractivity contribution in [1.29, 1.82) is 0 Å². The van der Waals surface area contributed by atoms with Crippen molar-refractivity contribution in [3.05, 3.63) is 35.4 Å². The molecule has 1 fully saturated rings. The molecule has 1 saturated heterocycles. The minimum absolute atomic E-state index is 0.0662. The first-order valence-electron chi connectivity index (χ1n) is 7.77. The van der Waals surface area contributed by atoms with Gasteiger partial charge in [-0.1, -0.05) is 31.2 Å². The van der Waals surface area contributed by atoms with Crippen LogP contribution in [0.25, 0.3) is 0 Å². The maximum absolute atomic E-state index is 6.47. The fraction of sp³-hybridized carbons (Fsp3) is 0.647. The molecule has 1 aliphatic rings. The smallest absolute Gasteiger partial charge is 0.0698 e. The lowest BCUT2D eigenvalue weighted by Crippen LogP contribution is -2.48. The first-order chi connectivity index (χ1) is 9.65. The summed E-state index contributed by atoms with van der Waals surface area (Å²) < 4.78 is 5.50. The quantitative estimate of drug-likeness (QED) is 0.898. The van der Waals surface area contributed by atoms with Gasteiger partial charge in [-0.2, -0.15) is 0 Å². The monoisotopic (exact) mass is 276 g/mol. The first-order valence-corrected chi connectivity index (χ1v) is 7.77. The van der Waals surface area contributed by atoms with Crippen molar-refractivity contribution >= 4 is 0 Å². The zero-order valence-corrected chi connectivity index (χ0v) is 13.0. The highest BCUT2D eigenvalue weighted by Crippen LogP contribution is 2.23. The highest BCUT2D eigenvalue weighted by molar-refractivity contribution is 5.25. The highest BCUT2D eigenvalue weighted by Gasteiger charge is 2.27. The number of nitrogens with zero attached hydrogens (tertiary/aromatic N) is 1. The standard InChI is InChI=1S/C17H28N2O/c1-4-14-7-9-15(10-8-14)17(18)13(2)19-11-5-6-16(12-19)20-3/h7-10,13,16-17H,4-6,11-12,18H2,1-3H3. The van der Waals surface area contributed by atoms with E-state index >= 15 is 0 Å². The number of hydrogen-bond donors (Lipinski definition) is 1. The number of methoxy groups -OCH3 is 1. The van der Waals surface area contributed by atoms with Gasteiger partial charge >= 0.3 is 0 Å². The topological polar surface area (TPSA) is 38.5 Å². The average molecular weight is 276 g/mol. The fourth-order valence-corrected chi connectivity index (χ4v) is 3.01. The van der Waals surface area contributed by atoms with E-state index in [-0.39, 0.29) is 6.04 Å². The molecule has 2 rings (SSSR count). The molecule has 0 spiro atoms. The van der Waals surface area contributed by atoms with Crippen LogP contribution in [-0.2, 0) is 11.2 Å². The van der Waals surface area contributed by atoms with Crippen LogP contribution in [0.2, 0.25) is 0 Å². The number of piperidine rings is 1. The van der Waals surface area contributed by atoms with Crippen LogP contribution in [0.4, 0.5) is 0 Å². The number of hydrogen-bond acceptors (Lipinski definition) is 3. The zero-order chi connectivity index (χ0) is 14.5. The molecule has 0 bridgehead atoms. The third kappa shape index (κ3) is 3.60. The molecule has 0 aromatic heterocycles. The van der Waals surface area contributed by atoms with E-state index in [1.807, 2.05) is 7.11 Å². The number of aryl methyl sites for hydroxylation is 1. The van der Waals surface area contributed by atoms with E-state index in [4.69, 9.17) is 10.5 Å². The van der Waals surface area contributed by atoms with Gasteiger partial charge in [-0.3, -0.25) is 4.90 Å². The van der Waals surface area contributed by atoms with E-state index in [0.29, 0.717) is 12.1 Å². The Morgan fingerprint density at radius 1 is 1.35 bits per heavy atom. The van der Waals surface area contributed by atoms with Gasteiger partial charge in [0, 0.05) is 25.7 Å². The number of benzene rings is 1. The van der Waals surface area contributed by atoms with E-state index in [1.54, 1.807) is 0 Å². The van der Waals surface area contributed by atoms with Crippen molar-refractivity contribution in [2.45, 2.75) is 51.3 Å². The van der Waals surface area contributed by atoms with Crippen LogP contribution >= 0.6 is 0 Å². The second kappa shape index (κ2) is 7.21. The van der Waals surface area contributed by atoms with Crippen LogP contribution in [0.5, 0.6) is 0 Å². The molecule has 3 heteroatoms. The molecule has 1 aliphatic heterocycles. The number of rotatable bonds is 5. The van der Waals surface area contributed by atoms with Crippen LogP contribution in [0.15, 0.2) is 24.3 Å². The fourth-order valence-electron chi connectivity index (χ4n) is 3.01. The van der Waals surface area contributed by atoms with E-state index in [0.717, 1.165) is 19.5 Å². The summed E-state index contributed by atoms with van der Waals surface area (Å²) in [6, 6.07) is 9.15. The van der Waals surface area contributed by atoms with E-state index < -0.39 is 0 Å². The lowest BCUT2D eigenvalue weighted by molar-refractivity contribution is 0.0131. The van der Waals surface area contributed by atoms with Gasteiger partial charge in [0.2, 0.25) is 0 Å². The summed E-state index contributed by atoms with van der Waals surface area (Å²) in [6.45, 7) is 6.53. The summed E-state index contributed by atoms with van der Waals surface area (Å²) in [4.78, 5) is 2.47. The molecule has 0 radical (unpaired) electrons. The third-order valence-corrected chi connectivity index (χ3v) is 4.61. The molecule has 3 nitrogen and oxygen atoms in total. The average Bonchev–Trinajstić information content (AvgIpc) is 2.53. The lowest BCUT2D eigenvalue weighted by atomic mass is 9.96. The number of ether oxygens (including phenoxy) is 1. The Kier molecular flexibility index (Phi) is 5.58. The summed E-state index contributed by atoms with van der Waals surface area (Å²) in [5, 5.41) is 0. The van der Waals surface area contributed by atoms with Crippen molar-refractivity contribution in [1.82, 2.24) is 4.90 Å². The summed E-state index contributed by atoms with van der Waals surface area (Å²) in [7, 11) is 1.81. The summed E-state index contributed by atoms with van der Waals surface area (Å²) in [6.07, 6.45) is 3.80. The van der Waals surface area contributed by atoms with Gasteiger partial charge in [-0.15, -0.1) is 0 Å². The third-order valence-electron chi connectivity index (χ3n) is 4.61. The molecule has 3 atom stereocenters. The second-order valence-corrected chi connectivity index (χ2v) is 5.86. The summed E-state index contributed by atoms with van der Waals surface area (Å²) in [5.41, 5.74) is 9.06. The molecular weight excluding hydrogens is 248 g/mol. The van der Waals surface area contributed by atoms with Gasteiger partial charge in [0.25, 0.3) is 0 Å². The molecule has 20 heavy (non-hydrogen) atoms. The Morgan fingerprint density at radius 3 is 2.65 bits per heavy atom. The normalized spacial score (nSPS) is 23.5. The molecular formula is C17H28N2O. The van der Waals surface area contributed by atoms with Gasteiger partial charge in [-0.25, -0.2) is 0 Å². The number of likely N-dealkylation sites (tertiary alicyclic amines) is 1. The van der Waals surface area contributed by atoms with Crippen LogP contribution in [0.3, 0.4) is 0 Å². The van der Waals surface area contributed by atoms with Gasteiger partial charge in [0.05, 0.1) is 6.10 Å². The van der Waals surface area contributed by atoms with Crippen molar-refractivity contribution in [3.8, 4) is 0 Å². The molecule has 3 unspecified atom stereocenters. The maximum atomic E-state index is 6.47. The minimum Gasteiger partial charge on any atom is -0.380 e. The Bertz CT molecular complexity index is 404. The van der Waals surface area contributed by atoms with Crippen LogP contribution in [0, 0.1) is 0 Å². The van der Waals surface area contributed by atoms with Gasteiger partial charge in [-0.05, 0) is 43.9 Å². The molecule has 0 aliphatic carbocycles. The van der Waals surface area contributed by atoms with Crippen LogP contribution in [0.1, 0.15) is 43.9 Å². The first kappa shape index (κ1) is 15.5. The second-order valence-electron chi connectivity index (χ2n) is 5.86. The van der Waals surface area contributed by atoms with E-state index in [9.17, 15) is 0 Å². The molecule has 2 N–H and O–H groups in total. The predicted octanol–water partition coefficient (Wildman–Crippen LogP) is 2.75. The molecule has 0 saturated carbocycles. The molecule has 1 aromatic rings. The van der Waals surface area contributed by atoms with Crippen molar-refractivity contribution in [2.75, 3.05) is 20.2 Å². The van der Waals surface area contributed by atoms with Crippen LogP contribution < -0.4 is 5.73 Å². The van der Waals surface area contributed by atoms with Crippen LogP contribution in [-0.4, -0.2) is 37.2 Å². The van der Waals surface area contributed by atoms with Crippen molar-refractivity contribution in [2.24, 2.45) is 5.73 Å². The number of nitrogens with two attached hydrogens (primary N) is 1. The predicted molar refractivity (Wildman–Crippen MR) is 83.8 cm³/mol. The maximum Gasteiger partial charge on any atom is 0.0698 e. The Hall–Kier alpha value is -0.900. The van der Waals surface area contributed by atoms with Crippen molar-refractivity contribution in [3.63, 3.8) is 0 Å². The van der Waals surface area contributed by atoms with Gasteiger partial charge in [0.1, 0.15) is 0 Å². The Balaban J connectivity index is 2.01. The molecule has 1 heterocycles. The lowest BCUT2D eigenvalue weighted by Gasteiger charge is -2.38. The van der Waals surface area contributed by atoms with Gasteiger partial charge < -0.3 is 10.5 Å². The summed E-state index contributed by atoms with van der Waals surface area (Å²) in [5.74, 6) is 0.